The van der Waals surface area contributed by atoms with E-state index in [1.165, 1.54) is 6.33 Å². The molecule has 1 aliphatic heterocycles. The number of fused-ring (bicyclic) bond motifs is 2. The molecule has 1 aliphatic rings. The molecule has 0 saturated carbocycles. The average Bonchev–Trinajstić information content (AvgIpc) is 3.08. The predicted molar refractivity (Wildman–Crippen MR) is 105 cm³/mol. The predicted octanol–water partition coefficient (Wildman–Crippen LogP) is 4.90. The number of nitrogens with one attached hydrogen (secondary N) is 2. The van der Waals surface area contributed by atoms with Gasteiger partial charge in [0, 0.05) is 46.4 Å². The van der Waals surface area contributed by atoms with Gasteiger partial charge in [0.05, 0.1) is 11.2 Å². The molecule has 5 nitrogen and oxygen atoms in total. The van der Waals surface area contributed by atoms with E-state index in [1.54, 1.807) is 18.2 Å². The molecule has 1 amide bonds. The van der Waals surface area contributed by atoms with E-state index in [0.29, 0.717) is 34.2 Å². The van der Waals surface area contributed by atoms with Crippen molar-refractivity contribution in [2.45, 2.75) is 12.1 Å². The number of hydrogen-bond donors (Lipinski definition) is 2. The molecule has 0 saturated heterocycles. The number of amides is 1. The van der Waals surface area contributed by atoms with Crippen LogP contribution in [0.25, 0.3) is 10.9 Å². The van der Waals surface area contributed by atoms with Gasteiger partial charge in [-0.1, -0.05) is 17.7 Å². The highest BCUT2D eigenvalue weighted by atomic mass is 35.5. The summed E-state index contributed by atoms with van der Waals surface area (Å²) in [6, 6.07) is 10.5. The van der Waals surface area contributed by atoms with Crippen LogP contribution >= 0.6 is 11.6 Å². The standard InChI is InChI=1S/C20H14ClF3N4O/c21-11-1-3-13-15(9-25-17(13)7-11)19-14-8-12(2-4-16(14)26-10-27-19)28-18(29)5-6-20(22,23)24/h1-8,10,15,25H,9H2,(H,28,29). The van der Waals surface area contributed by atoms with Crippen molar-refractivity contribution in [1.29, 1.82) is 0 Å². The van der Waals surface area contributed by atoms with Crippen molar-refractivity contribution >= 4 is 39.8 Å². The van der Waals surface area contributed by atoms with Crippen LogP contribution in [0.2, 0.25) is 5.02 Å². The van der Waals surface area contributed by atoms with Crippen molar-refractivity contribution < 1.29 is 18.0 Å². The Kier molecular flexibility index (Phi) is 4.87. The van der Waals surface area contributed by atoms with Crippen LogP contribution in [-0.2, 0) is 4.79 Å². The monoisotopic (exact) mass is 418 g/mol. The number of nitrogens with zero attached hydrogens (tertiary/aromatic N) is 2. The van der Waals surface area contributed by atoms with Crippen LogP contribution in [0.4, 0.5) is 24.5 Å². The topological polar surface area (TPSA) is 66.9 Å². The third-order valence-electron chi connectivity index (χ3n) is 4.57. The van der Waals surface area contributed by atoms with Crippen LogP contribution in [0.15, 0.2) is 54.9 Å². The van der Waals surface area contributed by atoms with Gasteiger partial charge in [0.2, 0.25) is 5.91 Å². The number of allylic oxidation sites excluding steroid dienone is 1. The maximum absolute atomic E-state index is 12.2. The fourth-order valence-electron chi connectivity index (χ4n) is 3.34. The molecule has 2 N–H and O–H groups in total. The molecule has 9 heteroatoms. The Bertz CT molecular complexity index is 1130. The van der Waals surface area contributed by atoms with Gasteiger partial charge in [0.25, 0.3) is 0 Å². The lowest BCUT2D eigenvalue weighted by molar-refractivity contribution is -0.112. The van der Waals surface area contributed by atoms with Gasteiger partial charge in [-0.3, -0.25) is 4.79 Å². The summed E-state index contributed by atoms with van der Waals surface area (Å²) in [6.07, 6.45) is -2.74. The van der Waals surface area contributed by atoms with Gasteiger partial charge in [-0.2, -0.15) is 13.2 Å². The van der Waals surface area contributed by atoms with Crippen molar-refractivity contribution in [3.8, 4) is 0 Å². The molecule has 0 aliphatic carbocycles. The van der Waals surface area contributed by atoms with E-state index in [0.717, 1.165) is 16.9 Å². The molecule has 1 aromatic heterocycles. The number of hydrogen-bond acceptors (Lipinski definition) is 4. The summed E-state index contributed by atoms with van der Waals surface area (Å²) in [4.78, 5) is 20.5. The van der Waals surface area contributed by atoms with E-state index in [2.05, 4.69) is 20.6 Å². The first-order chi connectivity index (χ1) is 13.8. The first kappa shape index (κ1) is 19.2. The van der Waals surface area contributed by atoms with Gasteiger partial charge in [0.15, 0.2) is 0 Å². The maximum atomic E-state index is 12.2. The molecule has 2 heterocycles. The summed E-state index contributed by atoms with van der Waals surface area (Å²) < 4.78 is 36.7. The second-order valence-electron chi connectivity index (χ2n) is 6.52. The summed E-state index contributed by atoms with van der Waals surface area (Å²) in [5, 5.41) is 7.07. The number of carbonyl (C=O) groups excluding carboxylic acids is 1. The SMILES string of the molecule is O=C(C=CC(F)(F)F)Nc1ccc2ncnc(C3CNc4cc(Cl)ccc43)c2c1. The lowest BCUT2D eigenvalue weighted by Crippen LogP contribution is -2.11. The van der Waals surface area contributed by atoms with Crippen LogP contribution in [0.3, 0.4) is 0 Å². The van der Waals surface area contributed by atoms with E-state index in [1.807, 2.05) is 18.2 Å². The lowest BCUT2D eigenvalue weighted by atomic mass is 9.94. The number of halogens is 4. The molecule has 0 spiro atoms. The van der Waals surface area contributed by atoms with E-state index in [9.17, 15) is 18.0 Å². The molecule has 0 radical (unpaired) electrons. The normalized spacial score (nSPS) is 16.1. The summed E-state index contributed by atoms with van der Waals surface area (Å²) in [5.74, 6) is -0.925. The Morgan fingerprint density at radius 3 is 2.83 bits per heavy atom. The zero-order chi connectivity index (χ0) is 20.6. The first-order valence-electron chi connectivity index (χ1n) is 8.65. The van der Waals surface area contributed by atoms with Crippen molar-refractivity contribution in [3.05, 3.63) is 71.2 Å². The molecular weight excluding hydrogens is 405 g/mol. The Labute approximate surface area is 168 Å². The number of anilines is 2. The molecule has 2 aromatic carbocycles. The van der Waals surface area contributed by atoms with Crippen LogP contribution in [0, 0.1) is 0 Å². The minimum Gasteiger partial charge on any atom is -0.384 e. The fraction of sp³-hybridized carbons (Fsp3) is 0.150. The summed E-state index contributed by atoms with van der Waals surface area (Å²) in [6.45, 7) is 0.618. The molecule has 0 bridgehead atoms. The van der Waals surface area contributed by atoms with Gasteiger partial charge >= 0.3 is 6.18 Å². The van der Waals surface area contributed by atoms with Crippen LogP contribution < -0.4 is 10.6 Å². The Balaban J connectivity index is 1.68. The van der Waals surface area contributed by atoms with Crippen LogP contribution in [-0.4, -0.2) is 28.6 Å². The highest BCUT2D eigenvalue weighted by Crippen LogP contribution is 2.39. The second kappa shape index (κ2) is 7.36. The van der Waals surface area contributed by atoms with Crippen molar-refractivity contribution in [1.82, 2.24) is 9.97 Å². The fourth-order valence-corrected chi connectivity index (χ4v) is 3.51. The maximum Gasteiger partial charge on any atom is 0.409 e. The molecule has 29 heavy (non-hydrogen) atoms. The first-order valence-corrected chi connectivity index (χ1v) is 9.03. The quantitative estimate of drug-likeness (QED) is 0.594. The number of carbonyl (C=O) groups is 1. The molecule has 4 rings (SSSR count). The summed E-state index contributed by atoms with van der Waals surface area (Å²) in [5.41, 5.74) is 3.74. The number of alkyl halides is 3. The molecule has 0 fully saturated rings. The van der Waals surface area contributed by atoms with E-state index in [4.69, 9.17) is 11.6 Å². The van der Waals surface area contributed by atoms with Gasteiger partial charge in [-0.25, -0.2) is 9.97 Å². The Hall–Kier alpha value is -3.13. The van der Waals surface area contributed by atoms with E-state index in [-0.39, 0.29) is 12.0 Å². The second-order valence-corrected chi connectivity index (χ2v) is 6.96. The van der Waals surface area contributed by atoms with E-state index < -0.39 is 12.1 Å². The average molecular weight is 419 g/mol. The van der Waals surface area contributed by atoms with Crippen LogP contribution in [0.5, 0.6) is 0 Å². The minimum absolute atomic E-state index is 0.0520. The largest absolute Gasteiger partial charge is 0.409 e. The van der Waals surface area contributed by atoms with E-state index >= 15 is 0 Å². The molecular formula is C20H14ClF3N4O. The van der Waals surface area contributed by atoms with Crippen molar-refractivity contribution in [3.63, 3.8) is 0 Å². The molecule has 1 atom stereocenters. The smallest absolute Gasteiger partial charge is 0.384 e. The van der Waals surface area contributed by atoms with Gasteiger partial charge in [0.1, 0.15) is 6.33 Å². The summed E-state index contributed by atoms with van der Waals surface area (Å²) in [7, 11) is 0. The molecule has 3 aromatic rings. The highest BCUT2D eigenvalue weighted by Gasteiger charge is 2.27. The molecule has 1 unspecified atom stereocenters. The van der Waals surface area contributed by atoms with Crippen molar-refractivity contribution in [2.75, 3.05) is 17.2 Å². The lowest BCUT2D eigenvalue weighted by Gasteiger charge is -2.13. The zero-order valence-electron chi connectivity index (χ0n) is 14.8. The number of aromatic nitrogens is 2. The minimum atomic E-state index is -4.55. The summed E-state index contributed by atoms with van der Waals surface area (Å²) >= 11 is 6.05. The Morgan fingerprint density at radius 2 is 2.03 bits per heavy atom. The van der Waals surface area contributed by atoms with Crippen molar-refractivity contribution in [2.24, 2.45) is 0 Å². The van der Waals surface area contributed by atoms with Crippen LogP contribution in [0.1, 0.15) is 17.2 Å². The zero-order valence-corrected chi connectivity index (χ0v) is 15.6. The van der Waals surface area contributed by atoms with Gasteiger partial charge in [-0.05, 0) is 35.9 Å². The number of benzene rings is 2. The van der Waals surface area contributed by atoms with Gasteiger partial charge in [-0.15, -0.1) is 0 Å². The third-order valence-corrected chi connectivity index (χ3v) is 4.81. The Morgan fingerprint density at radius 1 is 1.21 bits per heavy atom. The van der Waals surface area contributed by atoms with Gasteiger partial charge < -0.3 is 10.6 Å². The third kappa shape index (κ3) is 4.17. The number of rotatable bonds is 3. The highest BCUT2D eigenvalue weighted by molar-refractivity contribution is 6.30. The molecule has 148 valence electrons.